The van der Waals surface area contributed by atoms with Crippen LogP contribution in [-0.4, -0.2) is 23.8 Å². The van der Waals surface area contributed by atoms with E-state index in [2.05, 4.69) is 0 Å². The van der Waals surface area contributed by atoms with Gasteiger partial charge in [-0.05, 0) is 5.56 Å². The van der Waals surface area contributed by atoms with Gasteiger partial charge in [-0.2, -0.15) is 0 Å². The monoisotopic (exact) mass is 221 g/mol. The first-order valence-corrected chi connectivity index (χ1v) is 4.78. The number of likely N-dealkylation sites (N-methyl/N-ethyl adjacent to an activating group) is 1. The minimum Gasteiger partial charge on any atom is -0.277 e. The van der Waals surface area contributed by atoms with E-state index in [9.17, 15) is 9.59 Å². The fourth-order valence-corrected chi connectivity index (χ4v) is 1.78. The molecular weight excluding hydrogens is 214 g/mol. The molecule has 76 valence electrons. The van der Waals surface area contributed by atoms with Crippen LogP contribution < -0.4 is 0 Å². The smallest absolute Gasteiger partial charge is 0.272 e. The molecular formula is C11H8ClNO2. The Hall–Kier alpha value is -1.61. The van der Waals surface area contributed by atoms with Crippen molar-refractivity contribution in [2.45, 2.75) is 0 Å². The van der Waals surface area contributed by atoms with Crippen LogP contribution in [0.1, 0.15) is 5.56 Å². The molecule has 1 aromatic carbocycles. The summed E-state index contributed by atoms with van der Waals surface area (Å²) in [7, 11) is 1.42. The topological polar surface area (TPSA) is 37.4 Å². The van der Waals surface area contributed by atoms with Gasteiger partial charge in [0.15, 0.2) is 0 Å². The van der Waals surface area contributed by atoms with Gasteiger partial charge >= 0.3 is 0 Å². The molecule has 0 unspecified atom stereocenters. The van der Waals surface area contributed by atoms with Crippen LogP contribution in [0.2, 0.25) is 0 Å². The fourth-order valence-electron chi connectivity index (χ4n) is 1.46. The molecule has 0 fully saturated rings. The van der Waals surface area contributed by atoms with Crippen LogP contribution in [0, 0.1) is 0 Å². The van der Waals surface area contributed by atoms with Gasteiger partial charge < -0.3 is 0 Å². The Labute approximate surface area is 91.9 Å². The van der Waals surface area contributed by atoms with Crippen molar-refractivity contribution in [3.05, 3.63) is 40.9 Å². The fraction of sp³-hybridized carbons (Fsp3) is 0.0909. The first kappa shape index (κ1) is 9.93. The van der Waals surface area contributed by atoms with Crippen LogP contribution in [0.5, 0.6) is 0 Å². The van der Waals surface area contributed by atoms with E-state index in [4.69, 9.17) is 11.6 Å². The van der Waals surface area contributed by atoms with Gasteiger partial charge in [-0.15, -0.1) is 0 Å². The maximum atomic E-state index is 11.7. The summed E-state index contributed by atoms with van der Waals surface area (Å²) in [6.45, 7) is 0. The summed E-state index contributed by atoms with van der Waals surface area (Å²) in [5.74, 6) is -0.795. The highest BCUT2D eigenvalue weighted by molar-refractivity contribution is 6.55. The molecule has 0 atom stereocenters. The highest BCUT2D eigenvalue weighted by Gasteiger charge is 2.35. The molecule has 1 aliphatic heterocycles. The van der Waals surface area contributed by atoms with Gasteiger partial charge in [0, 0.05) is 7.05 Å². The zero-order valence-electron chi connectivity index (χ0n) is 8.03. The van der Waals surface area contributed by atoms with Gasteiger partial charge in [0.2, 0.25) is 0 Å². The predicted molar refractivity (Wildman–Crippen MR) is 57.0 cm³/mol. The van der Waals surface area contributed by atoms with Gasteiger partial charge in [-0.25, -0.2) is 0 Å². The van der Waals surface area contributed by atoms with E-state index >= 15 is 0 Å². The van der Waals surface area contributed by atoms with Crippen molar-refractivity contribution in [3.8, 4) is 0 Å². The van der Waals surface area contributed by atoms with Gasteiger partial charge in [0.25, 0.3) is 11.8 Å². The number of carbonyl (C=O) groups excluding carboxylic acids is 2. The largest absolute Gasteiger partial charge is 0.277 e. The number of hydrogen-bond donors (Lipinski definition) is 0. The van der Waals surface area contributed by atoms with Crippen LogP contribution in [0.15, 0.2) is 35.4 Å². The summed E-state index contributed by atoms with van der Waals surface area (Å²) in [6.07, 6.45) is 0. The second-order valence-corrected chi connectivity index (χ2v) is 3.60. The van der Waals surface area contributed by atoms with E-state index in [1.807, 2.05) is 6.07 Å². The zero-order valence-corrected chi connectivity index (χ0v) is 8.78. The summed E-state index contributed by atoms with van der Waals surface area (Å²) >= 11 is 5.82. The van der Waals surface area contributed by atoms with Gasteiger partial charge in [0.1, 0.15) is 5.03 Å². The maximum Gasteiger partial charge on any atom is 0.272 e. The summed E-state index contributed by atoms with van der Waals surface area (Å²) in [4.78, 5) is 24.1. The Morgan fingerprint density at radius 3 is 2.13 bits per heavy atom. The number of hydrogen-bond acceptors (Lipinski definition) is 2. The third-order valence-corrected chi connectivity index (χ3v) is 2.64. The molecule has 0 N–H and O–H groups in total. The second kappa shape index (κ2) is 3.51. The van der Waals surface area contributed by atoms with Crippen LogP contribution in [-0.2, 0) is 9.59 Å². The summed E-state index contributed by atoms with van der Waals surface area (Å²) in [6, 6.07) is 8.93. The lowest BCUT2D eigenvalue weighted by atomic mass is 10.1. The third kappa shape index (κ3) is 1.45. The van der Waals surface area contributed by atoms with Gasteiger partial charge in [-0.3, -0.25) is 14.5 Å². The number of imide groups is 1. The van der Waals surface area contributed by atoms with Crippen molar-refractivity contribution >= 4 is 29.0 Å². The molecule has 0 saturated carbocycles. The Kier molecular flexibility index (Phi) is 2.32. The molecule has 0 aliphatic carbocycles. The van der Waals surface area contributed by atoms with Crippen LogP contribution in [0.3, 0.4) is 0 Å². The summed E-state index contributed by atoms with van der Waals surface area (Å²) in [5.41, 5.74) is 0.954. The van der Waals surface area contributed by atoms with Crippen molar-refractivity contribution in [2.24, 2.45) is 0 Å². The van der Waals surface area contributed by atoms with Crippen molar-refractivity contribution in [1.29, 1.82) is 0 Å². The summed E-state index contributed by atoms with van der Waals surface area (Å²) in [5, 5.41) is -0.00583. The molecule has 1 heterocycles. The normalized spacial score (nSPS) is 16.5. The van der Waals surface area contributed by atoms with Crippen molar-refractivity contribution in [3.63, 3.8) is 0 Å². The number of carbonyl (C=O) groups is 2. The number of nitrogens with zero attached hydrogens (tertiary/aromatic N) is 1. The molecule has 0 aromatic heterocycles. The minimum atomic E-state index is -0.444. The Balaban J connectivity index is 2.55. The van der Waals surface area contributed by atoms with E-state index in [0.29, 0.717) is 5.56 Å². The van der Waals surface area contributed by atoms with E-state index in [-0.39, 0.29) is 16.5 Å². The van der Waals surface area contributed by atoms with Crippen molar-refractivity contribution < 1.29 is 9.59 Å². The standard InChI is InChI=1S/C11H8ClNO2/c1-13-10(14)8(9(12)11(13)15)7-5-3-2-4-6-7/h2-6H,1H3. The number of amides is 2. The van der Waals surface area contributed by atoms with E-state index < -0.39 is 5.91 Å². The lowest BCUT2D eigenvalue weighted by Gasteiger charge is -2.05. The number of rotatable bonds is 1. The maximum absolute atomic E-state index is 11.7. The average Bonchev–Trinajstić information content (AvgIpc) is 2.45. The summed E-state index contributed by atoms with van der Waals surface area (Å²) < 4.78 is 0. The highest BCUT2D eigenvalue weighted by Crippen LogP contribution is 2.30. The Bertz CT molecular complexity index is 465. The van der Waals surface area contributed by atoms with E-state index in [1.165, 1.54) is 7.05 Å². The molecule has 0 bridgehead atoms. The third-order valence-electron chi connectivity index (χ3n) is 2.29. The second-order valence-electron chi connectivity index (χ2n) is 3.22. The van der Waals surface area contributed by atoms with Crippen LogP contribution >= 0.6 is 11.6 Å². The lowest BCUT2D eigenvalue weighted by molar-refractivity contribution is -0.134. The molecule has 0 saturated heterocycles. The van der Waals surface area contributed by atoms with Crippen LogP contribution in [0.4, 0.5) is 0 Å². The SMILES string of the molecule is CN1C(=O)C(Cl)=C(c2ccccc2)C1=O. The van der Waals surface area contributed by atoms with Crippen LogP contribution in [0.25, 0.3) is 5.57 Å². The van der Waals surface area contributed by atoms with Gasteiger partial charge in [-0.1, -0.05) is 41.9 Å². The molecule has 15 heavy (non-hydrogen) atoms. The minimum absolute atomic E-state index is 0.00583. The molecule has 0 spiro atoms. The van der Waals surface area contributed by atoms with Gasteiger partial charge in [0.05, 0.1) is 5.57 Å². The zero-order chi connectivity index (χ0) is 11.0. The number of benzene rings is 1. The first-order valence-electron chi connectivity index (χ1n) is 4.40. The van der Waals surface area contributed by atoms with E-state index in [0.717, 1.165) is 4.90 Å². The van der Waals surface area contributed by atoms with Crippen molar-refractivity contribution in [1.82, 2.24) is 4.90 Å². The molecule has 0 radical (unpaired) electrons. The first-order chi connectivity index (χ1) is 7.13. The lowest BCUT2D eigenvalue weighted by Crippen LogP contribution is -2.26. The average molecular weight is 222 g/mol. The van der Waals surface area contributed by atoms with E-state index in [1.54, 1.807) is 24.3 Å². The molecule has 2 amide bonds. The Morgan fingerprint density at radius 1 is 1.07 bits per heavy atom. The highest BCUT2D eigenvalue weighted by atomic mass is 35.5. The molecule has 2 rings (SSSR count). The predicted octanol–water partition coefficient (Wildman–Crippen LogP) is 1.64. The number of halogens is 1. The van der Waals surface area contributed by atoms with Crippen molar-refractivity contribution in [2.75, 3.05) is 7.05 Å². The molecule has 4 heteroatoms. The molecule has 3 nitrogen and oxygen atoms in total. The molecule has 1 aromatic rings. The quantitative estimate of drug-likeness (QED) is 0.676. The Morgan fingerprint density at radius 2 is 1.67 bits per heavy atom. The molecule has 1 aliphatic rings.